The van der Waals surface area contributed by atoms with Crippen molar-refractivity contribution in [2.24, 2.45) is 5.41 Å². The molecule has 1 atom stereocenters. The first kappa shape index (κ1) is 16.8. The summed E-state index contributed by atoms with van der Waals surface area (Å²) in [5.41, 5.74) is 7.16. The highest BCUT2D eigenvalue weighted by atomic mass is 28.3. The number of anilines is 2. The van der Waals surface area contributed by atoms with Crippen LogP contribution in [0.15, 0.2) is 18.2 Å². The van der Waals surface area contributed by atoms with Gasteiger partial charge in [-0.1, -0.05) is 20.8 Å². The number of nitrogens with two attached hydrogens (primary N) is 1. The molecule has 0 aromatic heterocycles. The highest BCUT2D eigenvalue weighted by Crippen LogP contribution is 2.35. The molecule has 1 aromatic rings. The maximum absolute atomic E-state index is 12.3. The summed E-state index contributed by atoms with van der Waals surface area (Å²) in [5, 5.41) is 0. The van der Waals surface area contributed by atoms with Gasteiger partial charge >= 0.3 is 0 Å². The van der Waals surface area contributed by atoms with Crippen molar-refractivity contribution in [2.75, 3.05) is 23.8 Å². The number of rotatable bonds is 4. The molecule has 0 spiro atoms. The molecule has 2 rings (SSSR count). The third-order valence-electron chi connectivity index (χ3n) is 3.62. The first-order valence-electron chi connectivity index (χ1n) is 7.48. The fourth-order valence-electron chi connectivity index (χ4n) is 2.36. The second-order valence-corrected chi connectivity index (χ2v) is 8.95. The van der Waals surface area contributed by atoms with E-state index in [1.807, 2.05) is 6.07 Å². The summed E-state index contributed by atoms with van der Waals surface area (Å²) >= 11 is 0. The van der Waals surface area contributed by atoms with Crippen molar-refractivity contribution in [1.82, 2.24) is 0 Å². The summed E-state index contributed by atoms with van der Waals surface area (Å²) in [6.45, 7) is 11.2. The van der Waals surface area contributed by atoms with Gasteiger partial charge in [-0.3, -0.25) is 4.79 Å². The third-order valence-corrected chi connectivity index (χ3v) is 4.37. The van der Waals surface area contributed by atoms with Crippen molar-refractivity contribution in [1.29, 1.82) is 0 Å². The standard InChI is InChI=1S/C16H25N2O3Si/c1-16(2,3)14(21-22(4)5)9-18-12-8-11(17)6-7-13(12)20-10-15(18)19/h6-8,14H,9-10,17H2,1-5H3. The average molecular weight is 321 g/mol. The second kappa shape index (κ2) is 6.30. The van der Waals surface area contributed by atoms with Crippen molar-refractivity contribution < 1.29 is 14.0 Å². The molecule has 1 aliphatic heterocycles. The summed E-state index contributed by atoms with van der Waals surface area (Å²) in [7, 11) is -0.862. The molecule has 1 aromatic carbocycles. The van der Waals surface area contributed by atoms with Crippen LogP contribution in [0.5, 0.6) is 5.75 Å². The molecule has 0 saturated carbocycles. The molecule has 0 bridgehead atoms. The van der Waals surface area contributed by atoms with Gasteiger partial charge in [-0.15, -0.1) is 0 Å². The van der Waals surface area contributed by atoms with Crippen LogP contribution in [0, 0.1) is 5.41 Å². The Labute approximate surface area is 134 Å². The highest BCUT2D eigenvalue weighted by molar-refractivity contribution is 6.48. The first-order valence-corrected chi connectivity index (χ1v) is 9.89. The molecule has 121 valence electrons. The van der Waals surface area contributed by atoms with E-state index < -0.39 is 9.04 Å². The van der Waals surface area contributed by atoms with E-state index in [0.717, 1.165) is 5.69 Å². The smallest absolute Gasteiger partial charge is 0.265 e. The van der Waals surface area contributed by atoms with Gasteiger partial charge in [0, 0.05) is 5.69 Å². The minimum atomic E-state index is -0.862. The van der Waals surface area contributed by atoms with Crippen molar-refractivity contribution in [2.45, 2.75) is 40.0 Å². The molecule has 1 heterocycles. The molecule has 22 heavy (non-hydrogen) atoms. The maximum Gasteiger partial charge on any atom is 0.265 e. The summed E-state index contributed by atoms with van der Waals surface area (Å²) in [6, 6.07) is 5.38. The number of ether oxygens (including phenoxy) is 1. The number of carbonyl (C=O) groups excluding carboxylic acids is 1. The quantitative estimate of drug-likeness (QED) is 0.684. The van der Waals surface area contributed by atoms with E-state index in [1.165, 1.54) is 0 Å². The lowest BCUT2D eigenvalue weighted by Crippen LogP contribution is -2.48. The van der Waals surface area contributed by atoms with Gasteiger partial charge in [0.1, 0.15) is 5.75 Å². The van der Waals surface area contributed by atoms with E-state index in [0.29, 0.717) is 18.0 Å². The van der Waals surface area contributed by atoms with E-state index in [1.54, 1.807) is 17.0 Å². The molecule has 6 heteroatoms. The van der Waals surface area contributed by atoms with Crippen LogP contribution in [0.2, 0.25) is 13.1 Å². The summed E-state index contributed by atoms with van der Waals surface area (Å²) in [5.74, 6) is 0.636. The van der Waals surface area contributed by atoms with Gasteiger partial charge in [-0.2, -0.15) is 0 Å². The summed E-state index contributed by atoms with van der Waals surface area (Å²) in [4.78, 5) is 14.1. The molecule has 0 aliphatic carbocycles. The number of hydrogen-bond donors (Lipinski definition) is 1. The van der Waals surface area contributed by atoms with Crippen LogP contribution in [0.25, 0.3) is 0 Å². The van der Waals surface area contributed by atoms with Crippen LogP contribution >= 0.6 is 0 Å². The molecular formula is C16H25N2O3Si. The van der Waals surface area contributed by atoms with Crippen LogP contribution in [0.1, 0.15) is 20.8 Å². The van der Waals surface area contributed by atoms with E-state index >= 15 is 0 Å². The topological polar surface area (TPSA) is 64.8 Å². The minimum Gasteiger partial charge on any atom is -0.482 e. The Kier molecular flexibility index (Phi) is 4.82. The average Bonchev–Trinajstić information content (AvgIpc) is 2.39. The van der Waals surface area contributed by atoms with Gasteiger partial charge < -0.3 is 19.8 Å². The number of carbonyl (C=O) groups is 1. The van der Waals surface area contributed by atoms with Gasteiger partial charge in [0.2, 0.25) is 9.04 Å². The lowest BCUT2D eigenvalue weighted by molar-refractivity contribution is -0.121. The SMILES string of the molecule is C[Si](C)OC(CN1C(=O)COc2ccc(N)cc21)C(C)(C)C. The molecule has 1 amide bonds. The van der Waals surface area contributed by atoms with Gasteiger partial charge in [-0.25, -0.2) is 0 Å². The lowest BCUT2D eigenvalue weighted by Gasteiger charge is -2.38. The Morgan fingerprint density at radius 1 is 1.41 bits per heavy atom. The Balaban J connectivity index is 2.30. The van der Waals surface area contributed by atoms with Crippen LogP contribution in [0.3, 0.4) is 0 Å². The normalized spacial score (nSPS) is 16.5. The third kappa shape index (κ3) is 3.81. The first-order chi connectivity index (χ1) is 10.2. The van der Waals surface area contributed by atoms with Crippen LogP contribution in [-0.4, -0.2) is 34.2 Å². The molecule has 0 saturated heterocycles. The fraction of sp³-hybridized carbons (Fsp3) is 0.562. The van der Waals surface area contributed by atoms with Gasteiger partial charge in [0.05, 0.1) is 18.3 Å². The zero-order chi connectivity index (χ0) is 16.5. The predicted octanol–water partition coefficient (Wildman–Crippen LogP) is 2.68. The van der Waals surface area contributed by atoms with Crippen molar-refractivity contribution in [3.05, 3.63) is 18.2 Å². The molecule has 2 N–H and O–H groups in total. The Morgan fingerprint density at radius 3 is 2.68 bits per heavy atom. The predicted molar refractivity (Wildman–Crippen MR) is 90.5 cm³/mol. The molecular weight excluding hydrogens is 296 g/mol. The highest BCUT2D eigenvalue weighted by Gasteiger charge is 2.33. The van der Waals surface area contributed by atoms with E-state index in [-0.39, 0.29) is 24.0 Å². The second-order valence-electron chi connectivity index (χ2n) is 6.90. The number of nitrogen functional groups attached to an aromatic ring is 1. The Morgan fingerprint density at radius 2 is 2.09 bits per heavy atom. The molecule has 1 aliphatic rings. The Hall–Kier alpha value is -1.53. The van der Waals surface area contributed by atoms with E-state index in [2.05, 4.69) is 33.9 Å². The number of fused-ring (bicyclic) bond motifs is 1. The van der Waals surface area contributed by atoms with Crippen molar-refractivity contribution in [3.8, 4) is 5.75 Å². The van der Waals surface area contributed by atoms with Gasteiger partial charge in [-0.05, 0) is 36.7 Å². The van der Waals surface area contributed by atoms with Gasteiger partial charge in [0.25, 0.3) is 5.91 Å². The maximum atomic E-state index is 12.3. The number of nitrogens with zero attached hydrogens (tertiary/aromatic N) is 1. The van der Waals surface area contributed by atoms with Crippen molar-refractivity contribution in [3.63, 3.8) is 0 Å². The number of amides is 1. The van der Waals surface area contributed by atoms with E-state index in [4.69, 9.17) is 14.9 Å². The molecule has 0 fully saturated rings. The zero-order valence-corrected chi connectivity index (χ0v) is 15.0. The van der Waals surface area contributed by atoms with Crippen molar-refractivity contribution >= 4 is 26.3 Å². The van der Waals surface area contributed by atoms with Crippen LogP contribution < -0.4 is 15.4 Å². The zero-order valence-electron chi connectivity index (χ0n) is 14.0. The lowest BCUT2D eigenvalue weighted by atomic mass is 9.88. The molecule has 5 nitrogen and oxygen atoms in total. The van der Waals surface area contributed by atoms with Gasteiger partial charge in [0.15, 0.2) is 6.61 Å². The number of hydrogen-bond acceptors (Lipinski definition) is 4. The largest absolute Gasteiger partial charge is 0.482 e. The minimum absolute atomic E-state index is 0.0345. The molecule has 1 radical (unpaired) electrons. The fourth-order valence-corrected chi connectivity index (χ4v) is 3.35. The van der Waals surface area contributed by atoms with Crippen LogP contribution in [-0.2, 0) is 9.22 Å². The summed E-state index contributed by atoms with van der Waals surface area (Å²) in [6.07, 6.45) is -0.0345. The monoisotopic (exact) mass is 321 g/mol. The number of benzene rings is 1. The molecule has 1 unspecified atom stereocenters. The van der Waals surface area contributed by atoms with E-state index in [9.17, 15) is 4.79 Å². The summed E-state index contributed by atoms with van der Waals surface area (Å²) < 4.78 is 11.6. The Bertz CT molecular complexity index is 555. The van der Waals surface area contributed by atoms with Crippen LogP contribution in [0.4, 0.5) is 11.4 Å².